The van der Waals surface area contributed by atoms with E-state index in [0.717, 1.165) is 5.57 Å². The van der Waals surface area contributed by atoms with E-state index >= 15 is 0 Å². The molecule has 0 radical (unpaired) electrons. The number of ether oxygens (including phenoxy) is 2. The highest BCUT2D eigenvalue weighted by Gasteiger charge is 2.26. The van der Waals surface area contributed by atoms with Crippen LogP contribution in [0.5, 0.6) is 5.75 Å². The number of hydrogen-bond acceptors (Lipinski definition) is 6. The van der Waals surface area contributed by atoms with E-state index < -0.39 is 5.60 Å². The number of carbonyl (C=O) groups excluding carboxylic acids is 2. The second-order valence-corrected chi connectivity index (χ2v) is 7.35. The molecular formula is C22H34N2O5. The predicted octanol–water partition coefficient (Wildman–Crippen LogP) is 4.11. The Morgan fingerprint density at radius 3 is 2.34 bits per heavy atom. The number of para-hydroxylation sites is 1. The Hall–Kier alpha value is -2.54. The molecule has 1 saturated heterocycles. The molecule has 0 bridgehead atoms. The Kier molecular flexibility index (Phi) is 9.68. The molecule has 1 aromatic rings. The molecule has 29 heavy (non-hydrogen) atoms. The van der Waals surface area contributed by atoms with Gasteiger partial charge in [-0.1, -0.05) is 26.0 Å². The summed E-state index contributed by atoms with van der Waals surface area (Å²) in [6.45, 7) is 10.3. The molecule has 2 N–H and O–H groups in total. The molecule has 0 aromatic heterocycles. The van der Waals surface area contributed by atoms with Gasteiger partial charge >= 0.3 is 6.09 Å². The first-order valence-electron chi connectivity index (χ1n) is 10.0. The van der Waals surface area contributed by atoms with Gasteiger partial charge in [-0.25, -0.2) is 4.79 Å². The molecule has 1 aromatic carbocycles. The minimum absolute atomic E-state index is 0.134. The van der Waals surface area contributed by atoms with Crippen LogP contribution in [0.15, 0.2) is 29.5 Å². The van der Waals surface area contributed by atoms with Crippen LogP contribution in [0.1, 0.15) is 53.0 Å². The van der Waals surface area contributed by atoms with Crippen molar-refractivity contribution >= 4 is 18.1 Å². The molecule has 162 valence electrons. The summed E-state index contributed by atoms with van der Waals surface area (Å²) < 4.78 is 11.2. The van der Waals surface area contributed by atoms with Gasteiger partial charge in [-0.3, -0.25) is 4.79 Å². The first kappa shape index (κ1) is 24.5. The van der Waals surface area contributed by atoms with Crippen molar-refractivity contribution in [2.45, 2.75) is 59.7 Å². The van der Waals surface area contributed by atoms with Gasteiger partial charge in [-0.2, -0.15) is 0 Å². The Morgan fingerprint density at radius 1 is 1.24 bits per heavy atom. The van der Waals surface area contributed by atoms with Crippen LogP contribution in [0.4, 0.5) is 10.5 Å². The van der Waals surface area contributed by atoms with E-state index in [0.29, 0.717) is 49.2 Å². The van der Waals surface area contributed by atoms with Gasteiger partial charge in [0.1, 0.15) is 5.60 Å². The van der Waals surface area contributed by atoms with Gasteiger partial charge in [0.2, 0.25) is 0 Å². The number of carbonyl (C=O) groups is 2. The van der Waals surface area contributed by atoms with Gasteiger partial charge < -0.3 is 24.8 Å². The van der Waals surface area contributed by atoms with Crippen molar-refractivity contribution in [1.82, 2.24) is 4.90 Å². The van der Waals surface area contributed by atoms with Crippen molar-refractivity contribution in [2.24, 2.45) is 0 Å². The number of nitrogens with zero attached hydrogens (tertiary/aromatic N) is 1. The number of rotatable bonds is 5. The number of allylic oxidation sites excluding steroid dienone is 1. The monoisotopic (exact) mass is 406 g/mol. The lowest BCUT2D eigenvalue weighted by Gasteiger charge is -2.31. The number of aldehydes is 1. The molecule has 1 heterocycles. The van der Waals surface area contributed by atoms with Gasteiger partial charge in [0.25, 0.3) is 0 Å². The van der Waals surface area contributed by atoms with Crippen LogP contribution in [-0.2, 0) is 16.1 Å². The van der Waals surface area contributed by atoms with E-state index in [-0.39, 0.29) is 18.5 Å². The highest BCUT2D eigenvalue weighted by atomic mass is 16.6. The number of nitrogens with one attached hydrogen (secondary N) is 1. The molecule has 0 saturated carbocycles. The molecule has 1 aliphatic rings. The van der Waals surface area contributed by atoms with E-state index in [2.05, 4.69) is 5.32 Å². The lowest BCUT2D eigenvalue weighted by molar-refractivity contribution is -0.106. The molecule has 0 atom stereocenters. The summed E-state index contributed by atoms with van der Waals surface area (Å²) in [5.74, 6) is 0.735. The van der Waals surface area contributed by atoms with Crippen LogP contribution in [0.3, 0.4) is 0 Å². The second kappa shape index (κ2) is 11.5. The summed E-state index contributed by atoms with van der Waals surface area (Å²) in [6.07, 6.45) is 1.44. The van der Waals surface area contributed by atoms with E-state index in [9.17, 15) is 14.7 Å². The third-order valence-electron chi connectivity index (χ3n) is 4.23. The zero-order valence-corrected chi connectivity index (χ0v) is 18.4. The van der Waals surface area contributed by atoms with E-state index in [4.69, 9.17) is 9.47 Å². The quantitative estimate of drug-likeness (QED) is 0.435. The van der Waals surface area contributed by atoms with Crippen LogP contribution in [0.2, 0.25) is 0 Å². The molecule has 1 fully saturated rings. The zero-order chi connectivity index (χ0) is 22.0. The standard InChI is InChI=1S/C20H28N2O5.C2H6/c1-20(2,3)27-19(25)22-10-8-14(9-11-22)17(13-24)26-16-7-5-6-15(12-23)18(16)21-4;1-2/h5-7,13,21,23H,8-12H2,1-4H3;1-2H3. The topological polar surface area (TPSA) is 88.1 Å². The SMILES string of the molecule is CC.CNc1c(CO)cccc1OC(C=O)=C1CCN(C(=O)OC(C)(C)C)CC1. The lowest BCUT2D eigenvalue weighted by atomic mass is 10.0. The summed E-state index contributed by atoms with van der Waals surface area (Å²) in [5.41, 5.74) is 1.66. The largest absolute Gasteiger partial charge is 0.452 e. The number of aliphatic hydroxyl groups is 1. The molecule has 7 heteroatoms. The Bertz CT molecular complexity index is 712. The fourth-order valence-electron chi connectivity index (χ4n) is 2.91. The van der Waals surface area contributed by atoms with Crippen molar-refractivity contribution in [1.29, 1.82) is 0 Å². The van der Waals surface area contributed by atoms with Gasteiger partial charge in [0, 0.05) is 25.7 Å². The Balaban J connectivity index is 0.00000204. The van der Waals surface area contributed by atoms with E-state index in [1.54, 1.807) is 30.1 Å². The minimum atomic E-state index is -0.536. The minimum Gasteiger partial charge on any atom is -0.452 e. The third kappa shape index (κ3) is 7.09. The highest BCUT2D eigenvalue weighted by Crippen LogP contribution is 2.31. The maximum Gasteiger partial charge on any atom is 0.410 e. The van der Waals surface area contributed by atoms with Crippen LogP contribution in [0, 0.1) is 0 Å². The molecule has 1 aliphatic heterocycles. The second-order valence-electron chi connectivity index (χ2n) is 7.35. The van der Waals surface area contributed by atoms with Crippen molar-refractivity contribution in [2.75, 3.05) is 25.5 Å². The summed E-state index contributed by atoms with van der Waals surface area (Å²) in [6, 6.07) is 5.29. The maximum absolute atomic E-state index is 12.2. The van der Waals surface area contributed by atoms with Crippen LogP contribution < -0.4 is 10.1 Å². The fourth-order valence-corrected chi connectivity index (χ4v) is 2.91. The molecular weight excluding hydrogens is 372 g/mol. The van der Waals surface area contributed by atoms with Gasteiger partial charge in [0.15, 0.2) is 17.8 Å². The number of anilines is 1. The molecule has 2 rings (SSSR count). The van der Waals surface area contributed by atoms with E-state index in [1.165, 1.54) is 0 Å². The Labute approximate surface area is 173 Å². The third-order valence-corrected chi connectivity index (χ3v) is 4.23. The zero-order valence-electron chi connectivity index (χ0n) is 18.4. The first-order chi connectivity index (χ1) is 13.8. The Morgan fingerprint density at radius 2 is 1.86 bits per heavy atom. The number of amides is 1. The number of benzene rings is 1. The lowest BCUT2D eigenvalue weighted by Crippen LogP contribution is -2.40. The first-order valence-corrected chi connectivity index (χ1v) is 10.0. The predicted molar refractivity (Wildman–Crippen MR) is 114 cm³/mol. The molecule has 0 unspecified atom stereocenters. The van der Waals surface area contributed by atoms with E-state index in [1.807, 2.05) is 34.6 Å². The molecule has 0 spiro atoms. The highest BCUT2D eigenvalue weighted by molar-refractivity contribution is 5.74. The van der Waals surface area contributed by atoms with Gasteiger partial charge in [0.05, 0.1) is 12.3 Å². The van der Waals surface area contributed by atoms with Gasteiger partial charge in [-0.15, -0.1) is 0 Å². The molecule has 0 aliphatic carbocycles. The molecule has 7 nitrogen and oxygen atoms in total. The summed E-state index contributed by atoms with van der Waals surface area (Å²) in [5, 5.41) is 12.4. The smallest absolute Gasteiger partial charge is 0.410 e. The average Bonchev–Trinajstić information content (AvgIpc) is 2.72. The fraction of sp³-hybridized carbons (Fsp3) is 0.545. The summed E-state index contributed by atoms with van der Waals surface area (Å²) in [7, 11) is 1.73. The summed E-state index contributed by atoms with van der Waals surface area (Å²) in [4.78, 5) is 25.4. The van der Waals surface area contributed by atoms with Crippen molar-refractivity contribution in [3.8, 4) is 5.75 Å². The number of hydrogen-bond donors (Lipinski definition) is 2. The van der Waals surface area contributed by atoms with Crippen molar-refractivity contribution < 1.29 is 24.2 Å². The maximum atomic E-state index is 12.2. The van der Waals surface area contributed by atoms with Gasteiger partial charge in [-0.05, 0) is 45.3 Å². The summed E-state index contributed by atoms with van der Waals surface area (Å²) >= 11 is 0. The number of aliphatic hydroxyl groups excluding tert-OH is 1. The molecule has 1 amide bonds. The number of likely N-dealkylation sites (tertiary alicyclic amines) is 1. The normalized spacial score (nSPS) is 13.8. The van der Waals surface area contributed by atoms with Crippen LogP contribution in [0.25, 0.3) is 0 Å². The van der Waals surface area contributed by atoms with Crippen LogP contribution in [-0.4, -0.2) is 48.1 Å². The van der Waals surface area contributed by atoms with Crippen molar-refractivity contribution in [3.05, 3.63) is 35.1 Å². The van der Waals surface area contributed by atoms with Crippen molar-refractivity contribution in [3.63, 3.8) is 0 Å². The number of piperidine rings is 1. The average molecular weight is 407 g/mol. The van der Waals surface area contributed by atoms with Crippen LogP contribution >= 0.6 is 0 Å².